The molecule has 6 nitrogen and oxygen atoms in total. The Morgan fingerprint density at radius 2 is 1.90 bits per heavy atom. The lowest BCUT2D eigenvalue weighted by Gasteiger charge is -2.47. The van der Waals surface area contributed by atoms with Crippen molar-refractivity contribution in [2.45, 2.75) is 51.2 Å². The van der Waals surface area contributed by atoms with Crippen LogP contribution in [0, 0.1) is 5.92 Å². The zero-order chi connectivity index (χ0) is 20.7. The third-order valence-electron chi connectivity index (χ3n) is 6.73. The van der Waals surface area contributed by atoms with E-state index in [0.717, 1.165) is 38.3 Å². The number of benzene rings is 1. The van der Waals surface area contributed by atoms with Crippen molar-refractivity contribution in [2.75, 3.05) is 13.1 Å². The first-order chi connectivity index (χ1) is 14.6. The lowest BCUT2D eigenvalue weighted by Crippen LogP contribution is -2.49. The normalized spacial score (nSPS) is 23.5. The van der Waals surface area contributed by atoms with E-state index in [1.807, 2.05) is 18.5 Å². The van der Waals surface area contributed by atoms with Crippen LogP contribution in [-0.4, -0.2) is 37.3 Å². The average Bonchev–Trinajstić information content (AvgIpc) is 3.20. The highest BCUT2D eigenvalue weighted by atomic mass is 16.1. The van der Waals surface area contributed by atoms with Crippen molar-refractivity contribution >= 4 is 0 Å². The van der Waals surface area contributed by atoms with E-state index in [2.05, 4.69) is 68.4 Å². The van der Waals surface area contributed by atoms with Crippen LogP contribution in [0.1, 0.15) is 55.4 Å². The first-order valence-electron chi connectivity index (χ1n) is 11.0. The standard InChI is InChI=1S/C24H29N5O/c1-17(2)28-16-25-26-23(28)15-27-13-19-12-20(14-27)22(11-18-7-4-3-5-8-18)29-21(19)9-6-10-24(29)30/h3-10,16-17,19-20,22H,11-15H2,1-2H3/t19-,20+,22+/m1/s1. The minimum Gasteiger partial charge on any atom is -0.314 e. The molecule has 0 unspecified atom stereocenters. The number of rotatable bonds is 5. The van der Waals surface area contributed by atoms with Gasteiger partial charge in [-0.05, 0) is 44.2 Å². The molecule has 2 aliphatic heterocycles. The van der Waals surface area contributed by atoms with Crippen LogP contribution < -0.4 is 5.56 Å². The maximum atomic E-state index is 12.9. The lowest BCUT2D eigenvalue weighted by molar-refractivity contribution is 0.0824. The first-order valence-corrected chi connectivity index (χ1v) is 11.0. The number of fused-ring (bicyclic) bond motifs is 4. The van der Waals surface area contributed by atoms with Gasteiger partial charge < -0.3 is 9.13 Å². The summed E-state index contributed by atoms with van der Waals surface area (Å²) >= 11 is 0. The molecule has 0 spiro atoms. The highest BCUT2D eigenvalue weighted by Gasteiger charge is 2.40. The van der Waals surface area contributed by atoms with Gasteiger partial charge in [-0.3, -0.25) is 9.69 Å². The molecule has 1 fully saturated rings. The second-order valence-corrected chi connectivity index (χ2v) is 9.05. The topological polar surface area (TPSA) is 56.0 Å². The largest absolute Gasteiger partial charge is 0.314 e. The minimum absolute atomic E-state index is 0.135. The van der Waals surface area contributed by atoms with E-state index in [-0.39, 0.29) is 11.6 Å². The summed E-state index contributed by atoms with van der Waals surface area (Å²) in [5.41, 5.74) is 2.62. The van der Waals surface area contributed by atoms with Gasteiger partial charge in [-0.15, -0.1) is 10.2 Å². The molecular formula is C24H29N5O. The molecular weight excluding hydrogens is 374 g/mol. The van der Waals surface area contributed by atoms with Gasteiger partial charge in [-0.25, -0.2) is 0 Å². The van der Waals surface area contributed by atoms with Crippen molar-refractivity contribution in [1.82, 2.24) is 24.2 Å². The van der Waals surface area contributed by atoms with Gasteiger partial charge >= 0.3 is 0 Å². The van der Waals surface area contributed by atoms with Gasteiger partial charge in [0, 0.05) is 42.9 Å². The fourth-order valence-corrected chi connectivity index (χ4v) is 5.39. The van der Waals surface area contributed by atoms with Gasteiger partial charge in [-0.2, -0.15) is 0 Å². The smallest absolute Gasteiger partial charge is 0.251 e. The van der Waals surface area contributed by atoms with Gasteiger partial charge in [0.05, 0.1) is 6.54 Å². The Labute approximate surface area is 177 Å². The van der Waals surface area contributed by atoms with Crippen LogP contribution in [0.15, 0.2) is 59.7 Å². The van der Waals surface area contributed by atoms with Crippen molar-refractivity contribution in [3.63, 3.8) is 0 Å². The number of likely N-dealkylation sites (tertiary alicyclic amines) is 1. The molecule has 1 aromatic carbocycles. The maximum absolute atomic E-state index is 12.9. The van der Waals surface area contributed by atoms with Gasteiger partial charge in [-0.1, -0.05) is 36.4 Å². The first kappa shape index (κ1) is 19.2. The molecule has 6 heteroatoms. The van der Waals surface area contributed by atoms with Crippen molar-refractivity contribution in [2.24, 2.45) is 5.92 Å². The Balaban J connectivity index is 1.47. The van der Waals surface area contributed by atoms with Crippen LogP contribution in [0.25, 0.3) is 0 Å². The molecule has 0 saturated carbocycles. The van der Waals surface area contributed by atoms with Crippen LogP contribution in [0.5, 0.6) is 0 Å². The number of nitrogens with zero attached hydrogens (tertiary/aromatic N) is 5. The van der Waals surface area contributed by atoms with Crippen LogP contribution in [0.4, 0.5) is 0 Å². The van der Waals surface area contributed by atoms with Crippen molar-refractivity contribution < 1.29 is 0 Å². The number of hydrogen-bond acceptors (Lipinski definition) is 4. The highest BCUT2D eigenvalue weighted by Crippen LogP contribution is 2.42. The Morgan fingerprint density at radius 3 is 2.70 bits per heavy atom. The summed E-state index contributed by atoms with van der Waals surface area (Å²) in [4.78, 5) is 15.4. The fourth-order valence-electron chi connectivity index (χ4n) is 5.39. The van der Waals surface area contributed by atoms with E-state index in [1.165, 1.54) is 11.3 Å². The summed E-state index contributed by atoms with van der Waals surface area (Å²) < 4.78 is 4.25. The molecule has 2 aliphatic rings. The monoisotopic (exact) mass is 403 g/mol. The van der Waals surface area contributed by atoms with E-state index < -0.39 is 0 Å². The van der Waals surface area contributed by atoms with E-state index in [9.17, 15) is 4.79 Å². The zero-order valence-corrected chi connectivity index (χ0v) is 17.7. The average molecular weight is 404 g/mol. The SMILES string of the molecule is CC(C)n1cnnc1CN1C[C@H]2C[C@@H](C1)[C@H](Cc1ccccc1)n1c2cccc1=O. The summed E-state index contributed by atoms with van der Waals surface area (Å²) in [6.07, 6.45) is 3.87. The molecule has 0 N–H and O–H groups in total. The molecule has 0 radical (unpaired) electrons. The molecule has 156 valence electrons. The molecule has 4 heterocycles. The maximum Gasteiger partial charge on any atom is 0.251 e. The second kappa shape index (κ2) is 7.84. The Bertz CT molecular complexity index is 1070. The van der Waals surface area contributed by atoms with Gasteiger partial charge in [0.2, 0.25) is 0 Å². The summed E-state index contributed by atoms with van der Waals surface area (Å²) in [6.45, 7) is 7.08. The molecule has 0 aliphatic carbocycles. The third kappa shape index (κ3) is 3.49. The van der Waals surface area contributed by atoms with Gasteiger partial charge in [0.15, 0.2) is 0 Å². The summed E-state index contributed by atoms with van der Waals surface area (Å²) in [7, 11) is 0. The van der Waals surface area contributed by atoms with Crippen LogP contribution in [0.2, 0.25) is 0 Å². The lowest BCUT2D eigenvalue weighted by atomic mass is 9.76. The zero-order valence-electron chi connectivity index (χ0n) is 17.7. The molecule has 3 aromatic rings. The second-order valence-electron chi connectivity index (χ2n) is 9.05. The van der Waals surface area contributed by atoms with Crippen LogP contribution >= 0.6 is 0 Å². The molecule has 0 amide bonds. The number of piperidine rings is 1. The summed E-state index contributed by atoms with van der Waals surface area (Å²) in [5, 5.41) is 8.53. The predicted octanol–water partition coefficient (Wildman–Crippen LogP) is 3.42. The molecule has 5 rings (SSSR count). The van der Waals surface area contributed by atoms with Crippen molar-refractivity contribution in [1.29, 1.82) is 0 Å². The van der Waals surface area contributed by atoms with E-state index in [0.29, 0.717) is 17.9 Å². The molecule has 2 aromatic heterocycles. The van der Waals surface area contributed by atoms with Crippen LogP contribution in [-0.2, 0) is 13.0 Å². The minimum atomic E-state index is 0.135. The van der Waals surface area contributed by atoms with Gasteiger partial charge in [0.1, 0.15) is 12.2 Å². The number of aromatic nitrogens is 4. The highest BCUT2D eigenvalue weighted by molar-refractivity contribution is 5.22. The molecule has 2 bridgehead atoms. The Hall–Kier alpha value is -2.73. The quantitative estimate of drug-likeness (QED) is 0.655. The molecule has 1 saturated heterocycles. The molecule has 30 heavy (non-hydrogen) atoms. The Kier molecular flexibility index (Phi) is 5.03. The van der Waals surface area contributed by atoms with E-state index in [4.69, 9.17) is 0 Å². The van der Waals surface area contributed by atoms with E-state index >= 15 is 0 Å². The predicted molar refractivity (Wildman–Crippen MR) is 116 cm³/mol. The van der Waals surface area contributed by atoms with Crippen LogP contribution in [0.3, 0.4) is 0 Å². The number of hydrogen-bond donors (Lipinski definition) is 0. The summed E-state index contributed by atoms with van der Waals surface area (Å²) in [5.74, 6) is 1.86. The Morgan fingerprint density at radius 1 is 1.07 bits per heavy atom. The van der Waals surface area contributed by atoms with E-state index in [1.54, 1.807) is 6.07 Å². The van der Waals surface area contributed by atoms with Crippen molar-refractivity contribution in [3.05, 3.63) is 82.3 Å². The fraction of sp³-hybridized carbons (Fsp3) is 0.458. The van der Waals surface area contributed by atoms with Crippen molar-refractivity contribution in [3.8, 4) is 0 Å². The third-order valence-corrected chi connectivity index (χ3v) is 6.73. The summed E-state index contributed by atoms with van der Waals surface area (Å²) in [6, 6.07) is 16.9. The van der Waals surface area contributed by atoms with Gasteiger partial charge in [0.25, 0.3) is 5.56 Å². The number of pyridine rings is 1. The molecule has 3 atom stereocenters.